The van der Waals surface area contributed by atoms with Crippen molar-refractivity contribution in [3.05, 3.63) is 11.1 Å². The molecule has 0 bridgehead atoms. The number of hydrogen-bond acceptors (Lipinski definition) is 6. The maximum absolute atomic E-state index is 12.1. The Morgan fingerprint density at radius 3 is 2.94 bits per heavy atom. The second-order valence-corrected chi connectivity index (χ2v) is 5.37. The second kappa shape index (κ2) is 5.01. The number of aliphatic carboxylic acids is 1. The highest BCUT2D eigenvalue weighted by Gasteiger charge is 2.41. The molecule has 1 amide bonds. The fraction of sp³-hybridized carbons (Fsp3) is 0.556. The van der Waals surface area contributed by atoms with Gasteiger partial charge >= 0.3 is 5.97 Å². The van der Waals surface area contributed by atoms with E-state index in [1.165, 1.54) is 22.0 Å². The lowest BCUT2D eigenvalue weighted by atomic mass is 10.2. The number of hydrogen-bond donors (Lipinski definition) is 1. The Morgan fingerprint density at radius 2 is 2.41 bits per heavy atom. The van der Waals surface area contributed by atoms with Crippen molar-refractivity contribution in [1.82, 2.24) is 14.5 Å². The van der Waals surface area contributed by atoms with Gasteiger partial charge in [0.2, 0.25) is 0 Å². The molecule has 92 valence electrons. The van der Waals surface area contributed by atoms with Crippen molar-refractivity contribution >= 4 is 35.2 Å². The van der Waals surface area contributed by atoms with Gasteiger partial charge < -0.3 is 10.0 Å². The van der Waals surface area contributed by atoms with Crippen LogP contribution >= 0.6 is 23.3 Å². The van der Waals surface area contributed by atoms with Gasteiger partial charge in [0, 0.05) is 11.1 Å². The molecule has 0 aromatic carbocycles. The number of carboxylic acid groups (broad SMARTS) is 1. The van der Waals surface area contributed by atoms with E-state index in [1.54, 1.807) is 0 Å². The van der Waals surface area contributed by atoms with E-state index in [1.807, 2.05) is 6.92 Å². The highest BCUT2D eigenvalue weighted by Crippen LogP contribution is 2.32. The summed E-state index contributed by atoms with van der Waals surface area (Å²) in [5.41, 5.74) is 0.224. The first kappa shape index (κ1) is 12.3. The molecule has 2 unspecified atom stereocenters. The standard InChI is InChI=1S/C9H11N3O3S2/c1-2-7-12(6(4-16-7)9(14)15)8(13)5-3-17-11-10-5/h3,6-7H,2,4H2,1H3,(H,14,15). The summed E-state index contributed by atoms with van der Waals surface area (Å²) >= 11 is 2.57. The van der Waals surface area contributed by atoms with Crippen molar-refractivity contribution in [2.24, 2.45) is 0 Å². The van der Waals surface area contributed by atoms with Crippen LogP contribution in [0.15, 0.2) is 5.38 Å². The quantitative estimate of drug-likeness (QED) is 0.881. The van der Waals surface area contributed by atoms with Crippen molar-refractivity contribution in [2.45, 2.75) is 24.8 Å². The van der Waals surface area contributed by atoms with Gasteiger partial charge in [-0.3, -0.25) is 4.79 Å². The summed E-state index contributed by atoms with van der Waals surface area (Å²) in [5, 5.41) is 14.2. The molecule has 1 aromatic heterocycles. The predicted octanol–water partition coefficient (Wildman–Crippen LogP) is 0.916. The number of carbonyl (C=O) groups is 2. The van der Waals surface area contributed by atoms with Crippen LogP contribution in [0, 0.1) is 0 Å². The molecule has 2 atom stereocenters. The lowest BCUT2D eigenvalue weighted by Gasteiger charge is -2.25. The molecular formula is C9H11N3O3S2. The molecule has 0 saturated carbocycles. The summed E-state index contributed by atoms with van der Waals surface area (Å²) in [6.07, 6.45) is 0.720. The van der Waals surface area contributed by atoms with E-state index in [0.29, 0.717) is 5.75 Å². The van der Waals surface area contributed by atoms with E-state index in [0.717, 1.165) is 18.0 Å². The Morgan fingerprint density at radius 1 is 1.65 bits per heavy atom. The van der Waals surface area contributed by atoms with Gasteiger partial charge in [-0.05, 0) is 18.0 Å². The van der Waals surface area contributed by atoms with Gasteiger partial charge in [0.05, 0.1) is 5.37 Å². The third-order valence-electron chi connectivity index (χ3n) is 2.54. The van der Waals surface area contributed by atoms with Crippen LogP contribution in [0.3, 0.4) is 0 Å². The first-order chi connectivity index (χ1) is 8.15. The first-order valence-electron chi connectivity index (χ1n) is 5.09. The summed E-state index contributed by atoms with van der Waals surface area (Å²) in [6, 6.07) is -0.765. The topological polar surface area (TPSA) is 83.4 Å². The van der Waals surface area contributed by atoms with Gasteiger partial charge in [0.1, 0.15) is 6.04 Å². The second-order valence-electron chi connectivity index (χ2n) is 3.55. The normalized spacial score (nSPS) is 23.9. The summed E-state index contributed by atoms with van der Waals surface area (Å²) in [6.45, 7) is 1.93. The minimum Gasteiger partial charge on any atom is -0.480 e. The smallest absolute Gasteiger partial charge is 0.327 e. The Hall–Kier alpha value is -1.15. The number of aromatic nitrogens is 2. The maximum atomic E-state index is 12.1. The van der Waals surface area contributed by atoms with E-state index in [9.17, 15) is 9.59 Å². The molecule has 1 N–H and O–H groups in total. The SMILES string of the molecule is CCC1SCC(C(=O)O)N1C(=O)c1csnn1. The fourth-order valence-corrected chi connectivity index (χ4v) is 3.51. The number of amides is 1. The van der Waals surface area contributed by atoms with Gasteiger partial charge in [-0.15, -0.1) is 16.9 Å². The molecule has 0 spiro atoms. The van der Waals surface area contributed by atoms with E-state index in [4.69, 9.17) is 5.11 Å². The number of nitrogens with zero attached hydrogens (tertiary/aromatic N) is 3. The molecule has 0 aliphatic carbocycles. The minimum absolute atomic E-state index is 0.0923. The molecule has 2 heterocycles. The molecule has 2 rings (SSSR count). The lowest BCUT2D eigenvalue weighted by molar-refractivity contribution is -0.141. The van der Waals surface area contributed by atoms with Crippen molar-refractivity contribution in [2.75, 3.05) is 5.75 Å². The highest BCUT2D eigenvalue weighted by molar-refractivity contribution is 8.00. The molecule has 17 heavy (non-hydrogen) atoms. The Bertz CT molecular complexity index is 423. The van der Waals surface area contributed by atoms with Gasteiger partial charge in [-0.25, -0.2) is 4.79 Å². The summed E-state index contributed by atoms with van der Waals surface area (Å²) < 4.78 is 3.63. The van der Waals surface area contributed by atoms with E-state index >= 15 is 0 Å². The summed E-state index contributed by atoms with van der Waals surface area (Å²) in [4.78, 5) is 24.7. The van der Waals surface area contributed by atoms with E-state index in [-0.39, 0.29) is 17.0 Å². The predicted molar refractivity (Wildman–Crippen MR) is 64.0 cm³/mol. The zero-order valence-corrected chi connectivity index (χ0v) is 10.7. The molecule has 0 radical (unpaired) electrons. The summed E-state index contributed by atoms with van der Waals surface area (Å²) in [5.74, 6) is -0.884. The molecular weight excluding hydrogens is 262 g/mol. The van der Waals surface area contributed by atoms with Gasteiger partial charge in [-0.1, -0.05) is 11.4 Å². The number of rotatable bonds is 3. The molecule has 1 aliphatic heterocycles. The minimum atomic E-state index is -0.968. The van der Waals surface area contributed by atoms with Crippen molar-refractivity contribution < 1.29 is 14.7 Å². The van der Waals surface area contributed by atoms with Crippen LogP contribution in [0.2, 0.25) is 0 Å². The highest BCUT2D eigenvalue weighted by atomic mass is 32.2. The zero-order valence-electron chi connectivity index (χ0n) is 9.07. The Kier molecular flexibility index (Phi) is 3.63. The van der Waals surface area contributed by atoms with Crippen LogP contribution in [-0.2, 0) is 4.79 Å². The van der Waals surface area contributed by atoms with Crippen LogP contribution < -0.4 is 0 Å². The van der Waals surface area contributed by atoms with Crippen molar-refractivity contribution in [1.29, 1.82) is 0 Å². The van der Waals surface area contributed by atoms with Gasteiger partial charge in [0.15, 0.2) is 5.69 Å². The van der Waals surface area contributed by atoms with Crippen molar-refractivity contribution in [3.63, 3.8) is 0 Å². The fourth-order valence-electron chi connectivity index (χ4n) is 1.73. The Labute approximate surface area is 106 Å². The van der Waals surface area contributed by atoms with Crippen LogP contribution in [0.1, 0.15) is 23.8 Å². The third kappa shape index (κ3) is 2.27. The third-order valence-corrected chi connectivity index (χ3v) is 4.50. The zero-order chi connectivity index (χ0) is 12.4. The molecule has 6 nitrogen and oxygen atoms in total. The molecule has 8 heteroatoms. The van der Waals surface area contributed by atoms with Gasteiger partial charge in [0.25, 0.3) is 5.91 Å². The summed E-state index contributed by atoms with van der Waals surface area (Å²) in [7, 11) is 0. The van der Waals surface area contributed by atoms with Crippen LogP contribution in [0.5, 0.6) is 0 Å². The Balaban J connectivity index is 2.25. The molecule has 1 saturated heterocycles. The van der Waals surface area contributed by atoms with Crippen LogP contribution in [0.25, 0.3) is 0 Å². The van der Waals surface area contributed by atoms with E-state index < -0.39 is 12.0 Å². The largest absolute Gasteiger partial charge is 0.480 e. The molecule has 1 aromatic rings. The van der Waals surface area contributed by atoms with E-state index in [2.05, 4.69) is 9.59 Å². The maximum Gasteiger partial charge on any atom is 0.327 e. The van der Waals surface area contributed by atoms with Gasteiger partial charge in [-0.2, -0.15) is 0 Å². The monoisotopic (exact) mass is 273 g/mol. The number of thioether (sulfide) groups is 1. The molecule has 1 aliphatic rings. The average molecular weight is 273 g/mol. The average Bonchev–Trinajstić information content (AvgIpc) is 2.96. The number of carbonyl (C=O) groups excluding carboxylic acids is 1. The van der Waals surface area contributed by atoms with Crippen LogP contribution in [0.4, 0.5) is 0 Å². The lowest BCUT2D eigenvalue weighted by Crippen LogP contribution is -2.45. The number of carboxylic acids is 1. The van der Waals surface area contributed by atoms with Crippen LogP contribution in [-0.4, -0.2) is 48.6 Å². The van der Waals surface area contributed by atoms with Crippen molar-refractivity contribution in [3.8, 4) is 0 Å². The first-order valence-corrected chi connectivity index (χ1v) is 6.97. The molecule has 1 fully saturated rings.